The normalized spacial score (nSPS) is 19.9. The minimum atomic E-state index is -3.31. The Kier molecular flexibility index (Phi) is 7.42. The number of benzene rings is 1. The first kappa shape index (κ1) is 19.1. The molecule has 2 unspecified atom stereocenters. The molecule has 1 saturated heterocycles. The molecule has 0 amide bonds. The lowest BCUT2D eigenvalue weighted by Gasteiger charge is -2.21. The van der Waals surface area contributed by atoms with E-state index in [0.29, 0.717) is 22.5 Å². The van der Waals surface area contributed by atoms with Crippen LogP contribution >= 0.6 is 11.8 Å². The van der Waals surface area contributed by atoms with Crippen molar-refractivity contribution in [2.75, 3.05) is 25.1 Å². The number of hydrogen-bond donors (Lipinski definition) is 2. The van der Waals surface area contributed by atoms with Crippen LogP contribution in [0, 0.1) is 0 Å². The van der Waals surface area contributed by atoms with Gasteiger partial charge in [0.25, 0.3) is 0 Å². The molecule has 0 saturated carbocycles. The van der Waals surface area contributed by atoms with E-state index in [2.05, 4.69) is 15.6 Å². The fourth-order valence-electron chi connectivity index (χ4n) is 2.65. The molecule has 1 heterocycles. The number of sulfone groups is 1. The Morgan fingerprint density at radius 2 is 2.12 bits per heavy atom. The van der Waals surface area contributed by atoms with Crippen molar-refractivity contribution in [1.82, 2.24) is 10.6 Å². The molecule has 5 nitrogen and oxygen atoms in total. The second-order valence-corrected chi connectivity index (χ2v) is 9.37. The third-order valence-corrected chi connectivity index (χ3v) is 7.33. The second-order valence-electron chi connectivity index (χ2n) is 5.93. The average molecular weight is 370 g/mol. The molecule has 1 aliphatic heterocycles. The first-order valence-corrected chi connectivity index (χ1v) is 11.1. The topological polar surface area (TPSA) is 70.6 Å². The van der Waals surface area contributed by atoms with E-state index in [0.717, 1.165) is 6.54 Å². The van der Waals surface area contributed by atoms with Crippen molar-refractivity contribution in [1.29, 1.82) is 0 Å². The number of aliphatic imine (C=N–C) groups is 1. The van der Waals surface area contributed by atoms with Crippen LogP contribution in [0.4, 0.5) is 0 Å². The molecule has 134 valence electrons. The molecule has 2 N–H and O–H groups in total. The van der Waals surface area contributed by atoms with E-state index in [4.69, 9.17) is 0 Å². The van der Waals surface area contributed by atoms with Crippen molar-refractivity contribution >= 4 is 27.6 Å². The lowest BCUT2D eigenvalue weighted by Crippen LogP contribution is -2.47. The molecule has 1 fully saturated rings. The maximum Gasteiger partial charge on any atom is 0.191 e. The molecule has 0 aliphatic carbocycles. The van der Waals surface area contributed by atoms with Gasteiger partial charge < -0.3 is 10.6 Å². The fraction of sp³-hybridized carbons (Fsp3) is 0.588. The third kappa shape index (κ3) is 5.70. The molecule has 0 aromatic heterocycles. The number of guanidine groups is 1. The van der Waals surface area contributed by atoms with Crippen molar-refractivity contribution in [2.45, 2.75) is 42.4 Å². The molecule has 0 bridgehead atoms. The van der Waals surface area contributed by atoms with Crippen LogP contribution in [-0.2, 0) is 9.84 Å². The Labute approximate surface area is 149 Å². The quantitative estimate of drug-likeness (QED) is 0.570. The zero-order chi connectivity index (χ0) is 17.4. The van der Waals surface area contributed by atoms with Gasteiger partial charge in [-0.15, -0.1) is 0 Å². The summed E-state index contributed by atoms with van der Waals surface area (Å²) in [6, 6.07) is 8.44. The van der Waals surface area contributed by atoms with E-state index in [1.54, 1.807) is 31.3 Å². The fourth-order valence-corrected chi connectivity index (χ4v) is 5.47. The molecule has 1 aromatic carbocycles. The van der Waals surface area contributed by atoms with Gasteiger partial charge in [-0.25, -0.2) is 8.42 Å². The molecule has 0 spiro atoms. The van der Waals surface area contributed by atoms with Gasteiger partial charge in [-0.1, -0.05) is 25.1 Å². The summed E-state index contributed by atoms with van der Waals surface area (Å²) in [6.45, 7) is 2.85. The van der Waals surface area contributed by atoms with Crippen LogP contribution in [0.3, 0.4) is 0 Å². The maximum atomic E-state index is 12.5. The van der Waals surface area contributed by atoms with Crippen molar-refractivity contribution < 1.29 is 8.42 Å². The average Bonchev–Trinajstić information content (AvgIpc) is 3.11. The zero-order valence-electron chi connectivity index (χ0n) is 14.4. The molecular formula is C17H27N3O2S2. The predicted octanol–water partition coefficient (Wildman–Crippen LogP) is 2.30. The number of thioether (sulfide) groups is 1. The van der Waals surface area contributed by atoms with Gasteiger partial charge in [-0.2, -0.15) is 11.8 Å². The summed E-state index contributed by atoms with van der Waals surface area (Å²) in [5.74, 6) is 1.97. The van der Waals surface area contributed by atoms with E-state index in [1.807, 2.05) is 24.8 Å². The number of nitrogens with zero attached hydrogens (tertiary/aromatic N) is 1. The van der Waals surface area contributed by atoms with Gasteiger partial charge in [-0.05, 0) is 37.1 Å². The van der Waals surface area contributed by atoms with E-state index in [-0.39, 0.29) is 11.8 Å². The standard InChI is InChI=1S/C17H27N3O2S2/c1-3-14(13-24(21,22)16-9-5-4-6-10-16)20-17(18-2)19-12-15-8-7-11-23-15/h4-6,9-10,14-15H,3,7-8,11-13H2,1-2H3,(H2,18,19,20). The Balaban J connectivity index is 1.92. The van der Waals surface area contributed by atoms with Gasteiger partial charge in [0.15, 0.2) is 15.8 Å². The third-order valence-electron chi connectivity index (χ3n) is 4.10. The molecule has 24 heavy (non-hydrogen) atoms. The lowest BCUT2D eigenvalue weighted by atomic mass is 10.2. The van der Waals surface area contributed by atoms with Crippen LogP contribution in [0.5, 0.6) is 0 Å². The van der Waals surface area contributed by atoms with Gasteiger partial charge in [0, 0.05) is 24.9 Å². The highest BCUT2D eigenvalue weighted by atomic mass is 32.2. The molecule has 2 atom stereocenters. The predicted molar refractivity (Wildman–Crippen MR) is 103 cm³/mol. The Hall–Kier alpha value is -1.21. The lowest BCUT2D eigenvalue weighted by molar-refractivity contribution is 0.568. The van der Waals surface area contributed by atoms with E-state index in [9.17, 15) is 8.42 Å². The Morgan fingerprint density at radius 3 is 2.71 bits per heavy atom. The number of nitrogens with one attached hydrogen (secondary N) is 2. The minimum Gasteiger partial charge on any atom is -0.355 e. The molecular weight excluding hydrogens is 342 g/mol. The second kappa shape index (κ2) is 9.32. The zero-order valence-corrected chi connectivity index (χ0v) is 16.0. The van der Waals surface area contributed by atoms with Crippen LogP contribution in [0.1, 0.15) is 26.2 Å². The summed E-state index contributed by atoms with van der Waals surface area (Å²) in [7, 11) is -1.59. The summed E-state index contributed by atoms with van der Waals surface area (Å²) in [4.78, 5) is 4.60. The summed E-state index contributed by atoms with van der Waals surface area (Å²) in [6.07, 6.45) is 3.22. The minimum absolute atomic E-state index is 0.0619. The smallest absolute Gasteiger partial charge is 0.191 e. The highest BCUT2D eigenvalue weighted by Gasteiger charge is 2.21. The highest BCUT2D eigenvalue weighted by molar-refractivity contribution is 8.00. The van der Waals surface area contributed by atoms with E-state index in [1.165, 1.54) is 18.6 Å². The van der Waals surface area contributed by atoms with Crippen LogP contribution in [0.2, 0.25) is 0 Å². The van der Waals surface area contributed by atoms with Crippen molar-refractivity contribution in [2.24, 2.45) is 4.99 Å². The Bertz CT molecular complexity index is 626. The SMILES string of the molecule is CCC(CS(=O)(=O)c1ccccc1)NC(=NC)NCC1CCCS1. The summed E-state index contributed by atoms with van der Waals surface area (Å²) < 4.78 is 25.1. The summed E-state index contributed by atoms with van der Waals surface area (Å²) >= 11 is 1.99. The van der Waals surface area contributed by atoms with Crippen molar-refractivity contribution in [3.63, 3.8) is 0 Å². The first-order chi connectivity index (χ1) is 11.5. The van der Waals surface area contributed by atoms with Gasteiger partial charge in [0.1, 0.15) is 0 Å². The van der Waals surface area contributed by atoms with Crippen LogP contribution in [0.25, 0.3) is 0 Å². The van der Waals surface area contributed by atoms with Gasteiger partial charge in [0.05, 0.1) is 10.6 Å². The molecule has 1 aromatic rings. The molecule has 0 radical (unpaired) electrons. The maximum absolute atomic E-state index is 12.5. The largest absolute Gasteiger partial charge is 0.355 e. The van der Waals surface area contributed by atoms with Gasteiger partial charge in [-0.3, -0.25) is 4.99 Å². The monoisotopic (exact) mass is 369 g/mol. The van der Waals surface area contributed by atoms with E-state index >= 15 is 0 Å². The van der Waals surface area contributed by atoms with Crippen molar-refractivity contribution in [3.8, 4) is 0 Å². The molecule has 7 heteroatoms. The summed E-state index contributed by atoms with van der Waals surface area (Å²) in [5.41, 5.74) is 0. The first-order valence-electron chi connectivity index (χ1n) is 8.41. The van der Waals surface area contributed by atoms with Crippen LogP contribution < -0.4 is 10.6 Å². The van der Waals surface area contributed by atoms with Gasteiger partial charge >= 0.3 is 0 Å². The molecule has 2 rings (SSSR count). The van der Waals surface area contributed by atoms with Crippen LogP contribution in [0.15, 0.2) is 40.2 Å². The van der Waals surface area contributed by atoms with Crippen LogP contribution in [-0.4, -0.2) is 50.8 Å². The van der Waals surface area contributed by atoms with Gasteiger partial charge in [0.2, 0.25) is 0 Å². The van der Waals surface area contributed by atoms with E-state index < -0.39 is 9.84 Å². The number of rotatable bonds is 7. The van der Waals surface area contributed by atoms with Crippen molar-refractivity contribution in [3.05, 3.63) is 30.3 Å². The Morgan fingerprint density at radius 1 is 1.38 bits per heavy atom. The number of hydrogen-bond acceptors (Lipinski definition) is 4. The molecule has 1 aliphatic rings. The highest BCUT2D eigenvalue weighted by Crippen LogP contribution is 2.25. The summed E-state index contributed by atoms with van der Waals surface area (Å²) in [5, 5.41) is 7.20.